The molecule has 0 aliphatic carbocycles. The third-order valence-electron chi connectivity index (χ3n) is 2.80. The van der Waals surface area contributed by atoms with Crippen molar-refractivity contribution in [2.24, 2.45) is 0 Å². The number of aromatic nitrogens is 2. The molecule has 20 heavy (non-hydrogen) atoms. The molecule has 6 heteroatoms. The summed E-state index contributed by atoms with van der Waals surface area (Å²) in [5.74, 6) is 2.05. The van der Waals surface area contributed by atoms with Crippen LogP contribution < -0.4 is 14.2 Å². The molecule has 1 N–H and O–H groups in total. The minimum Gasteiger partial charge on any atom is -0.493 e. The number of rotatable bonds is 5. The van der Waals surface area contributed by atoms with Crippen LogP contribution in [0.5, 0.6) is 17.2 Å². The zero-order valence-corrected chi connectivity index (χ0v) is 11.6. The van der Waals surface area contributed by atoms with Crippen molar-refractivity contribution in [1.82, 2.24) is 9.97 Å². The largest absolute Gasteiger partial charge is 0.493 e. The average molecular weight is 276 g/mol. The summed E-state index contributed by atoms with van der Waals surface area (Å²) < 4.78 is 15.8. The highest BCUT2D eigenvalue weighted by Crippen LogP contribution is 2.40. The summed E-state index contributed by atoms with van der Waals surface area (Å²) in [5, 5.41) is 9.13. The van der Waals surface area contributed by atoms with Crippen LogP contribution in [0.2, 0.25) is 0 Å². The van der Waals surface area contributed by atoms with Gasteiger partial charge >= 0.3 is 0 Å². The lowest BCUT2D eigenvalue weighted by molar-refractivity contribution is 0.277. The van der Waals surface area contributed by atoms with Crippen LogP contribution in [0.4, 0.5) is 0 Å². The lowest BCUT2D eigenvalue weighted by Crippen LogP contribution is -1.98. The molecule has 1 heterocycles. The molecule has 6 nitrogen and oxygen atoms in total. The molecule has 0 amide bonds. The Balaban J connectivity index is 2.56. The van der Waals surface area contributed by atoms with Crippen LogP contribution in [0.1, 0.15) is 5.69 Å². The van der Waals surface area contributed by atoms with Crippen molar-refractivity contribution in [2.75, 3.05) is 21.3 Å². The van der Waals surface area contributed by atoms with Crippen LogP contribution in [0.3, 0.4) is 0 Å². The summed E-state index contributed by atoms with van der Waals surface area (Å²) in [5.41, 5.74) is 1.26. The van der Waals surface area contributed by atoms with Gasteiger partial charge in [0.1, 0.15) is 0 Å². The first-order valence-electron chi connectivity index (χ1n) is 5.96. The third kappa shape index (κ3) is 2.65. The highest BCUT2D eigenvalue weighted by molar-refractivity contribution is 5.66. The predicted octanol–water partition coefficient (Wildman–Crippen LogP) is 1.66. The van der Waals surface area contributed by atoms with Gasteiger partial charge in [-0.15, -0.1) is 0 Å². The number of aliphatic hydroxyl groups is 1. The van der Waals surface area contributed by atoms with E-state index < -0.39 is 0 Å². The fraction of sp³-hybridized carbons (Fsp3) is 0.286. The molecule has 0 atom stereocenters. The Bertz CT molecular complexity index is 576. The van der Waals surface area contributed by atoms with E-state index in [-0.39, 0.29) is 6.61 Å². The molecule has 106 valence electrons. The van der Waals surface area contributed by atoms with Crippen molar-refractivity contribution in [3.05, 3.63) is 30.1 Å². The summed E-state index contributed by atoms with van der Waals surface area (Å²) in [4.78, 5) is 8.44. The van der Waals surface area contributed by atoms with E-state index in [1.807, 2.05) is 0 Å². The Morgan fingerprint density at radius 1 is 1.05 bits per heavy atom. The number of aliphatic hydroxyl groups excluding tert-OH is 1. The Morgan fingerprint density at radius 2 is 1.70 bits per heavy atom. The molecule has 0 saturated heterocycles. The first kappa shape index (κ1) is 14.1. The van der Waals surface area contributed by atoms with Crippen molar-refractivity contribution in [3.63, 3.8) is 0 Å². The number of nitrogens with zero attached hydrogens (tertiary/aromatic N) is 2. The minimum atomic E-state index is -0.139. The van der Waals surface area contributed by atoms with Gasteiger partial charge in [-0.1, -0.05) is 0 Å². The number of benzene rings is 1. The molecule has 1 aromatic carbocycles. The standard InChI is InChI=1S/C14H16N2O4/c1-18-11-6-9(7-12(19-2)13(11)20-3)14-15-5-4-10(8-17)16-14/h4-7,17H,8H2,1-3H3. The molecule has 0 fully saturated rings. The number of hydrogen-bond acceptors (Lipinski definition) is 6. The fourth-order valence-corrected chi connectivity index (χ4v) is 1.83. The van der Waals surface area contributed by atoms with Gasteiger partial charge in [0.05, 0.1) is 33.6 Å². The van der Waals surface area contributed by atoms with Crippen LogP contribution in [0.25, 0.3) is 11.4 Å². The van der Waals surface area contributed by atoms with Crippen molar-refractivity contribution in [3.8, 4) is 28.6 Å². The highest BCUT2D eigenvalue weighted by Gasteiger charge is 2.15. The number of hydrogen-bond donors (Lipinski definition) is 1. The van der Waals surface area contributed by atoms with E-state index in [4.69, 9.17) is 19.3 Å². The van der Waals surface area contributed by atoms with Crippen LogP contribution in [0.15, 0.2) is 24.4 Å². The van der Waals surface area contributed by atoms with E-state index in [0.717, 1.165) is 5.56 Å². The Morgan fingerprint density at radius 3 is 2.20 bits per heavy atom. The van der Waals surface area contributed by atoms with Crippen LogP contribution in [0, 0.1) is 0 Å². The van der Waals surface area contributed by atoms with Crippen LogP contribution in [-0.4, -0.2) is 36.4 Å². The number of methoxy groups -OCH3 is 3. The summed E-state index contributed by atoms with van der Waals surface area (Å²) in [6, 6.07) is 5.18. The second kappa shape index (κ2) is 6.21. The molecule has 0 aliphatic heterocycles. The smallest absolute Gasteiger partial charge is 0.203 e. The minimum absolute atomic E-state index is 0.139. The van der Waals surface area contributed by atoms with E-state index in [2.05, 4.69) is 9.97 Å². The summed E-state index contributed by atoms with van der Waals surface area (Å²) in [6.07, 6.45) is 1.59. The van der Waals surface area contributed by atoms with E-state index >= 15 is 0 Å². The molecule has 0 radical (unpaired) electrons. The Labute approximate surface area is 117 Å². The number of ether oxygens (including phenoxy) is 3. The molecule has 0 bridgehead atoms. The first-order chi connectivity index (χ1) is 9.73. The molecular formula is C14H16N2O4. The van der Waals surface area contributed by atoms with Gasteiger partial charge < -0.3 is 19.3 Å². The lowest BCUT2D eigenvalue weighted by atomic mass is 10.1. The van der Waals surface area contributed by atoms with Gasteiger partial charge in [0, 0.05) is 11.8 Å². The molecule has 0 aliphatic rings. The van der Waals surface area contributed by atoms with E-state index in [0.29, 0.717) is 28.8 Å². The maximum Gasteiger partial charge on any atom is 0.203 e. The van der Waals surface area contributed by atoms with Gasteiger partial charge in [0.15, 0.2) is 17.3 Å². The monoisotopic (exact) mass is 276 g/mol. The molecule has 0 unspecified atom stereocenters. The van der Waals surface area contributed by atoms with Crippen LogP contribution >= 0.6 is 0 Å². The Kier molecular flexibility index (Phi) is 4.37. The predicted molar refractivity (Wildman–Crippen MR) is 73.0 cm³/mol. The average Bonchev–Trinajstić information content (AvgIpc) is 2.53. The van der Waals surface area contributed by atoms with E-state index in [1.165, 1.54) is 0 Å². The van der Waals surface area contributed by atoms with Gasteiger partial charge in [-0.3, -0.25) is 0 Å². The second-order valence-electron chi connectivity index (χ2n) is 3.94. The van der Waals surface area contributed by atoms with Gasteiger partial charge in [0.25, 0.3) is 0 Å². The third-order valence-corrected chi connectivity index (χ3v) is 2.80. The zero-order chi connectivity index (χ0) is 14.5. The molecular weight excluding hydrogens is 260 g/mol. The SMILES string of the molecule is COc1cc(-c2nccc(CO)n2)cc(OC)c1OC. The quantitative estimate of drug-likeness (QED) is 0.895. The first-order valence-corrected chi connectivity index (χ1v) is 5.96. The molecule has 0 spiro atoms. The Hall–Kier alpha value is -2.34. The van der Waals surface area contributed by atoms with Crippen LogP contribution in [-0.2, 0) is 6.61 Å². The maximum atomic E-state index is 9.13. The van der Waals surface area contributed by atoms with Crippen molar-refractivity contribution in [2.45, 2.75) is 6.61 Å². The molecule has 1 aromatic heterocycles. The zero-order valence-electron chi connectivity index (χ0n) is 11.6. The normalized spacial score (nSPS) is 10.2. The lowest BCUT2D eigenvalue weighted by Gasteiger charge is -2.13. The summed E-state index contributed by atoms with van der Waals surface area (Å²) >= 11 is 0. The van der Waals surface area contributed by atoms with Crippen molar-refractivity contribution >= 4 is 0 Å². The van der Waals surface area contributed by atoms with Crippen molar-refractivity contribution in [1.29, 1.82) is 0 Å². The second-order valence-corrected chi connectivity index (χ2v) is 3.94. The van der Waals surface area contributed by atoms with Crippen molar-refractivity contribution < 1.29 is 19.3 Å². The van der Waals surface area contributed by atoms with E-state index in [1.54, 1.807) is 45.7 Å². The maximum absolute atomic E-state index is 9.13. The van der Waals surface area contributed by atoms with Gasteiger partial charge in [-0.2, -0.15) is 0 Å². The van der Waals surface area contributed by atoms with Gasteiger partial charge in [0.2, 0.25) is 5.75 Å². The topological polar surface area (TPSA) is 73.7 Å². The fourth-order valence-electron chi connectivity index (χ4n) is 1.83. The molecule has 2 rings (SSSR count). The highest BCUT2D eigenvalue weighted by atomic mass is 16.5. The van der Waals surface area contributed by atoms with Gasteiger partial charge in [-0.25, -0.2) is 9.97 Å². The molecule has 2 aromatic rings. The summed E-state index contributed by atoms with van der Waals surface area (Å²) in [7, 11) is 4.64. The van der Waals surface area contributed by atoms with Gasteiger partial charge in [-0.05, 0) is 18.2 Å². The van der Waals surface area contributed by atoms with E-state index in [9.17, 15) is 0 Å². The molecule has 0 saturated carbocycles. The summed E-state index contributed by atoms with van der Waals surface area (Å²) in [6.45, 7) is -0.139.